The number of benzene rings is 2. The molecule has 2 N–H and O–H groups in total. The Labute approximate surface area is 162 Å². The average Bonchev–Trinajstić information content (AvgIpc) is 2.68. The van der Waals surface area contributed by atoms with Crippen LogP contribution in [0.2, 0.25) is 0 Å². The second-order valence-electron chi connectivity index (χ2n) is 6.56. The third-order valence-corrected chi connectivity index (χ3v) is 4.72. The molecule has 4 nitrogen and oxygen atoms in total. The SMILES string of the molecule is CCN(Cc1ccccc1)c1ccc(C(=O)N[C@H]2CCCNC2)cc1.Cl. The number of carbonyl (C=O) groups is 1. The van der Waals surface area contributed by atoms with Crippen LogP contribution in [0.3, 0.4) is 0 Å². The maximum atomic E-state index is 12.4. The summed E-state index contributed by atoms with van der Waals surface area (Å²) in [7, 11) is 0. The molecule has 1 amide bonds. The van der Waals surface area contributed by atoms with E-state index >= 15 is 0 Å². The van der Waals surface area contributed by atoms with E-state index in [1.807, 2.05) is 30.3 Å². The van der Waals surface area contributed by atoms with E-state index in [9.17, 15) is 4.79 Å². The van der Waals surface area contributed by atoms with Crippen LogP contribution in [0, 0.1) is 0 Å². The zero-order valence-electron chi connectivity index (χ0n) is 15.3. The standard InChI is InChI=1S/C21H27N3O.ClH/c1-2-24(16-17-7-4-3-5-8-17)20-12-10-18(11-13-20)21(25)23-19-9-6-14-22-15-19;/h3-5,7-8,10-13,19,22H,2,6,9,14-16H2,1H3,(H,23,25);1H/t19-;/m0./s1. The Morgan fingerprint density at radius 1 is 1.15 bits per heavy atom. The zero-order chi connectivity index (χ0) is 17.5. The van der Waals surface area contributed by atoms with Gasteiger partial charge in [-0.3, -0.25) is 4.79 Å². The van der Waals surface area contributed by atoms with Gasteiger partial charge < -0.3 is 15.5 Å². The monoisotopic (exact) mass is 373 g/mol. The summed E-state index contributed by atoms with van der Waals surface area (Å²) in [6.45, 7) is 5.87. The first-order chi connectivity index (χ1) is 12.3. The Morgan fingerprint density at radius 3 is 2.50 bits per heavy atom. The number of hydrogen-bond acceptors (Lipinski definition) is 3. The molecule has 1 atom stereocenters. The molecule has 0 saturated carbocycles. The van der Waals surface area contributed by atoms with Crippen molar-refractivity contribution in [2.45, 2.75) is 32.4 Å². The second kappa shape index (κ2) is 10.2. The number of hydrogen-bond donors (Lipinski definition) is 2. The molecule has 0 spiro atoms. The topological polar surface area (TPSA) is 44.4 Å². The Bertz CT molecular complexity index is 669. The lowest BCUT2D eigenvalue weighted by Gasteiger charge is -2.25. The summed E-state index contributed by atoms with van der Waals surface area (Å²) in [5.41, 5.74) is 3.16. The van der Waals surface area contributed by atoms with E-state index in [-0.39, 0.29) is 24.4 Å². The zero-order valence-corrected chi connectivity index (χ0v) is 16.1. The van der Waals surface area contributed by atoms with Crippen molar-refractivity contribution in [1.82, 2.24) is 10.6 Å². The van der Waals surface area contributed by atoms with Gasteiger partial charge in [-0.15, -0.1) is 12.4 Å². The first-order valence-electron chi connectivity index (χ1n) is 9.17. The van der Waals surface area contributed by atoms with E-state index in [1.54, 1.807) is 0 Å². The third kappa shape index (κ3) is 5.48. The predicted octanol–water partition coefficient (Wildman–Crippen LogP) is 3.62. The number of carbonyl (C=O) groups excluding carboxylic acids is 1. The number of anilines is 1. The van der Waals surface area contributed by atoms with Crippen LogP contribution in [0.5, 0.6) is 0 Å². The molecule has 1 saturated heterocycles. The summed E-state index contributed by atoms with van der Waals surface area (Å²) in [5, 5.41) is 6.45. The quantitative estimate of drug-likeness (QED) is 0.812. The van der Waals surface area contributed by atoms with Gasteiger partial charge in [0, 0.05) is 36.9 Å². The van der Waals surface area contributed by atoms with Gasteiger partial charge in [-0.2, -0.15) is 0 Å². The summed E-state index contributed by atoms with van der Waals surface area (Å²) < 4.78 is 0. The van der Waals surface area contributed by atoms with Crippen LogP contribution in [0.25, 0.3) is 0 Å². The van der Waals surface area contributed by atoms with Crippen molar-refractivity contribution in [3.63, 3.8) is 0 Å². The molecule has 0 unspecified atom stereocenters. The third-order valence-electron chi connectivity index (χ3n) is 4.72. The number of nitrogens with zero attached hydrogens (tertiary/aromatic N) is 1. The van der Waals surface area contributed by atoms with Crippen molar-refractivity contribution >= 4 is 24.0 Å². The number of nitrogens with one attached hydrogen (secondary N) is 2. The van der Waals surface area contributed by atoms with Gasteiger partial charge in [0.25, 0.3) is 5.91 Å². The van der Waals surface area contributed by atoms with Crippen LogP contribution >= 0.6 is 12.4 Å². The Hall–Kier alpha value is -2.04. The fraction of sp³-hybridized carbons (Fsp3) is 0.381. The highest BCUT2D eigenvalue weighted by Gasteiger charge is 2.16. The highest BCUT2D eigenvalue weighted by Crippen LogP contribution is 2.18. The van der Waals surface area contributed by atoms with E-state index in [0.717, 1.165) is 50.3 Å². The number of amides is 1. The highest BCUT2D eigenvalue weighted by molar-refractivity contribution is 5.94. The lowest BCUT2D eigenvalue weighted by molar-refractivity contribution is 0.0930. The normalized spacial score (nSPS) is 16.4. The largest absolute Gasteiger partial charge is 0.367 e. The van der Waals surface area contributed by atoms with Crippen molar-refractivity contribution in [3.05, 3.63) is 65.7 Å². The molecule has 0 aliphatic carbocycles. The van der Waals surface area contributed by atoms with E-state index in [0.29, 0.717) is 0 Å². The van der Waals surface area contributed by atoms with Gasteiger partial charge in [0.05, 0.1) is 0 Å². The lowest BCUT2D eigenvalue weighted by atomic mass is 10.1. The van der Waals surface area contributed by atoms with Crippen molar-refractivity contribution in [1.29, 1.82) is 0 Å². The van der Waals surface area contributed by atoms with Gasteiger partial charge in [0.1, 0.15) is 0 Å². The summed E-state index contributed by atoms with van der Waals surface area (Å²) in [5.74, 6) is 0.0198. The van der Waals surface area contributed by atoms with E-state index < -0.39 is 0 Å². The van der Waals surface area contributed by atoms with Crippen molar-refractivity contribution in [2.75, 3.05) is 24.5 Å². The molecule has 3 rings (SSSR count). The molecule has 0 aromatic heterocycles. The van der Waals surface area contributed by atoms with Crippen LogP contribution in [0.4, 0.5) is 5.69 Å². The summed E-state index contributed by atoms with van der Waals surface area (Å²) >= 11 is 0. The van der Waals surface area contributed by atoms with Gasteiger partial charge in [-0.25, -0.2) is 0 Å². The van der Waals surface area contributed by atoms with Crippen LogP contribution in [-0.2, 0) is 6.54 Å². The molecule has 140 valence electrons. The molecule has 1 fully saturated rings. The molecule has 5 heteroatoms. The van der Waals surface area contributed by atoms with Crippen molar-refractivity contribution in [2.24, 2.45) is 0 Å². The second-order valence-corrected chi connectivity index (χ2v) is 6.56. The Kier molecular flexibility index (Phi) is 7.95. The number of halogens is 1. The number of piperidine rings is 1. The number of rotatable bonds is 6. The maximum absolute atomic E-state index is 12.4. The molecule has 0 radical (unpaired) electrons. The summed E-state index contributed by atoms with van der Waals surface area (Å²) in [6.07, 6.45) is 2.17. The lowest BCUT2D eigenvalue weighted by Crippen LogP contribution is -2.45. The predicted molar refractivity (Wildman–Crippen MR) is 110 cm³/mol. The van der Waals surface area contributed by atoms with Gasteiger partial charge in [0.2, 0.25) is 0 Å². The highest BCUT2D eigenvalue weighted by atomic mass is 35.5. The average molecular weight is 374 g/mol. The first-order valence-corrected chi connectivity index (χ1v) is 9.17. The van der Waals surface area contributed by atoms with Gasteiger partial charge in [-0.05, 0) is 56.1 Å². The van der Waals surface area contributed by atoms with E-state index in [4.69, 9.17) is 0 Å². The minimum atomic E-state index is 0. The molecule has 2 aromatic carbocycles. The minimum absolute atomic E-state index is 0. The van der Waals surface area contributed by atoms with Crippen LogP contribution in [0.1, 0.15) is 35.7 Å². The fourth-order valence-corrected chi connectivity index (χ4v) is 3.26. The summed E-state index contributed by atoms with van der Waals surface area (Å²) in [4.78, 5) is 14.7. The maximum Gasteiger partial charge on any atom is 0.251 e. The Balaban J connectivity index is 0.00000243. The van der Waals surface area contributed by atoms with E-state index in [1.165, 1.54) is 5.56 Å². The van der Waals surface area contributed by atoms with Gasteiger partial charge in [-0.1, -0.05) is 30.3 Å². The van der Waals surface area contributed by atoms with E-state index in [2.05, 4.69) is 46.7 Å². The fourth-order valence-electron chi connectivity index (χ4n) is 3.26. The Morgan fingerprint density at radius 2 is 1.88 bits per heavy atom. The first kappa shape index (κ1) is 20.3. The molecule has 2 aromatic rings. The van der Waals surface area contributed by atoms with Crippen LogP contribution < -0.4 is 15.5 Å². The van der Waals surface area contributed by atoms with Crippen molar-refractivity contribution < 1.29 is 4.79 Å². The molecule has 1 aliphatic heterocycles. The van der Waals surface area contributed by atoms with Crippen LogP contribution in [-0.4, -0.2) is 31.6 Å². The molecule has 1 heterocycles. The smallest absolute Gasteiger partial charge is 0.251 e. The van der Waals surface area contributed by atoms with Gasteiger partial charge in [0.15, 0.2) is 0 Å². The molecule has 0 bridgehead atoms. The van der Waals surface area contributed by atoms with Crippen LogP contribution in [0.15, 0.2) is 54.6 Å². The molecule has 26 heavy (non-hydrogen) atoms. The molecular formula is C21H28ClN3O. The molecule has 1 aliphatic rings. The molecular weight excluding hydrogens is 346 g/mol. The summed E-state index contributed by atoms with van der Waals surface area (Å²) in [6, 6.07) is 18.6. The van der Waals surface area contributed by atoms with Crippen molar-refractivity contribution in [3.8, 4) is 0 Å². The van der Waals surface area contributed by atoms with Gasteiger partial charge >= 0.3 is 0 Å². The minimum Gasteiger partial charge on any atom is -0.367 e.